The first-order chi connectivity index (χ1) is 7.81. The highest BCUT2D eigenvalue weighted by Gasteiger charge is 2.26. The molecule has 0 bridgehead atoms. The zero-order valence-electron chi connectivity index (χ0n) is 10.3. The molecule has 1 aromatic rings. The summed E-state index contributed by atoms with van der Waals surface area (Å²) in [5.41, 5.74) is 1.42. The second-order valence-corrected chi connectivity index (χ2v) is 4.87. The maximum atomic E-state index is 3.30. The molecule has 1 unspecified atom stereocenters. The van der Waals surface area contributed by atoms with Gasteiger partial charge in [-0.3, -0.25) is 4.90 Å². The Labute approximate surface area is 98.7 Å². The van der Waals surface area contributed by atoms with Gasteiger partial charge < -0.3 is 5.32 Å². The number of hydrogen-bond donors (Lipinski definition) is 1. The molecule has 0 amide bonds. The Kier molecular flexibility index (Phi) is 3.97. The lowest BCUT2D eigenvalue weighted by Gasteiger charge is -2.28. The average molecular weight is 218 g/mol. The van der Waals surface area contributed by atoms with Crippen LogP contribution >= 0.6 is 0 Å². The summed E-state index contributed by atoms with van der Waals surface area (Å²) in [6, 6.07) is 11.3. The maximum Gasteiger partial charge on any atom is 0.0469 e. The molecular weight excluding hydrogens is 196 g/mol. The van der Waals surface area contributed by atoms with Crippen LogP contribution in [0.15, 0.2) is 30.3 Å². The highest BCUT2D eigenvalue weighted by molar-refractivity contribution is 5.19. The summed E-state index contributed by atoms with van der Waals surface area (Å²) in [7, 11) is 4.27. The topological polar surface area (TPSA) is 15.3 Å². The molecule has 1 N–H and O–H groups in total. The molecule has 1 aliphatic rings. The van der Waals surface area contributed by atoms with Crippen LogP contribution in [0.2, 0.25) is 0 Å². The SMILES string of the molecule is CNCC(c1ccccc1)N(C)CC1CC1. The van der Waals surface area contributed by atoms with Gasteiger partial charge in [0, 0.05) is 19.1 Å². The second kappa shape index (κ2) is 5.46. The molecule has 1 fully saturated rings. The van der Waals surface area contributed by atoms with Crippen molar-refractivity contribution in [2.24, 2.45) is 5.92 Å². The van der Waals surface area contributed by atoms with Crippen LogP contribution in [0.3, 0.4) is 0 Å². The lowest BCUT2D eigenvalue weighted by atomic mass is 10.1. The van der Waals surface area contributed by atoms with E-state index in [9.17, 15) is 0 Å². The lowest BCUT2D eigenvalue weighted by molar-refractivity contribution is 0.232. The molecular formula is C14H22N2. The van der Waals surface area contributed by atoms with Crippen molar-refractivity contribution in [2.45, 2.75) is 18.9 Å². The van der Waals surface area contributed by atoms with Gasteiger partial charge in [0.15, 0.2) is 0 Å². The fraction of sp³-hybridized carbons (Fsp3) is 0.571. The maximum absolute atomic E-state index is 3.30. The summed E-state index contributed by atoms with van der Waals surface area (Å²) in [6.07, 6.45) is 2.84. The van der Waals surface area contributed by atoms with Crippen molar-refractivity contribution in [3.63, 3.8) is 0 Å². The van der Waals surface area contributed by atoms with Gasteiger partial charge in [-0.2, -0.15) is 0 Å². The Balaban J connectivity index is 2.03. The van der Waals surface area contributed by atoms with Crippen molar-refractivity contribution in [3.05, 3.63) is 35.9 Å². The number of rotatable bonds is 6. The van der Waals surface area contributed by atoms with Crippen molar-refractivity contribution >= 4 is 0 Å². The summed E-state index contributed by atoms with van der Waals surface area (Å²) < 4.78 is 0. The van der Waals surface area contributed by atoms with Crippen LogP contribution in [-0.4, -0.2) is 32.1 Å². The Morgan fingerprint density at radius 1 is 1.31 bits per heavy atom. The van der Waals surface area contributed by atoms with Gasteiger partial charge in [0.2, 0.25) is 0 Å². The van der Waals surface area contributed by atoms with E-state index in [1.807, 2.05) is 7.05 Å². The molecule has 0 aliphatic heterocycles. The molecule has 2 heteroatoms. The van der Waals surface area contributed by atoms with Crippen molar-refractivity contribution in [3.8, 4) is 0 Å². The van der Waals surface area contributed by atoms with E-state index in [-0.39, 0.29) is 0 Å². The van der Waals surface area contributed by atoms with Crippen LogP contribution in [0.1, 0.15) is 24.4 Å². The zero-order valence-corrected chi connectivity index (χ0v) is 10.3. The average Bonchev–Trinajstić information content (AvgIpc) is 3.11. The molecule has 1 saturated carbocycles. The van der Waals surface area contributed by atoms with Crippen LogP contribution in [0.25, 0.3) is 0 Å². The number of nitrogens with one attached hydrogen (secondary N) is 1. The molecule has 0 heterocycles. The highest BCUT2D eigenvalue weighted by atomic mass is 15.1. The lowest BCUT2D eigenvalue weighted by Crippen LogP contribution is -2.33. The van der Waals surface area contributed by atoms with Crippen LogP contribution in [0.4, 0.5) is 0 Å². The standard InChI is InChI=1S/C14H22N2/c1-15-10-14(13-6-4-3-5-7-13)16(2)11-12-8-9-12/h3-7,12,14-15H,8-11H2,1-2H3. The first-order valence-electron chi connectivity index (χ1n) is 6.21. The highest BCUT2D eigenvalue weighted by Crippen LogP contribution is 2.31. The Morgan fingerprint density at radius 3 is 2.56 bits per heavy atom. The first kappa shape index (κ1) is 11.6. The van der Waals surface area contributed by atoms with Crippen LogP contribution in [0, 0.1) is 5.92 Å². The fourth-order valence-corrected chi connectivity index (χ4v) is 2.23. The summed E-state index contributed by atoms with van der Waals surface area (Å²) >= 11 is 0. The van der Waals surface area contributed by atoms with Gasteiger partial charge in [0.25, 0.3) is 0 Å². The fourth-order valence-electron chi connectivity index (χ4n) is 2.23. The van der Waals surface area contributed by atoms with Gasteiger partial charge in [-0.25, -0.2) is 0 Å². The van der Waals surface area contributed by atoms with Gasteiger partial charge in [0.05, 0.1) is 0 Å². The van der Waals surface area contributed by atoms with Gasteiger partial charge in [0.1, 0.15) is 0 Å². The third-order valence-electron chi connectivity index (χ3n) is 3.36. The van der Waals surface area contributed by atoms with Crippen molar-refractivity contribution in [2.75, 3.05) is 27.2 Å². The molecule has 0 spiro atoms. The minimum atomic E-state index is 0.506. The predicted octanol–water partition coefficient (Wildman–Crippen LogP) is 2.29. The predicted molar refractivity (Wildman–Crippen MR) is 68.5 cm³/mol. The molecule has 0 saturated heterocycles. The van der Waals surface area contributed by atoms with E-state index in [2.05, 4.69) is 47.6 Å². The normalized spacial score (nSPS) is 17.7. The molecule has 2 rings (SSSR count). The van der Waals surface area contributed by atoms with Crippen molar-refractivity contribution in [1.82, 2.24) is 10.2 Å². The van der Waals surface area contributed by atoms with E-state index < -0.39 is 0 Å². The third-order valence-corrected chi connectivity index (χ3v) is 3.36. The monoisotopic (exact) mass is 218 g/mol. The minimum Gasteiger partial charge on any atom is -0.318 e. The minimum absolute atomic E-state index is 0.506. The van der Waals surface area contributed by atoms with E-state index >= 15 is 0 Å². The van der Waals surface area contributed by atoms with E-state index in [0.717, 1.165) is 12.5 Å². The van der Waals surface area contributed by atoms with Crippen LogP contribution in [0.5, 0.6) is 0 Å². The van der Waals surface area contributed by atoms with E-state index in [1.54, 1.807) is 0 Å². The van der Waals surface area contributed by atoms with Crippen molar-refractivity contribution < 1.29 is 0 Å². The molecule has 0 radical (unpaired) electrons. The molecule has 0 aromatic heterocycles. The van der Waals surface area contributed by atoms with Gasteiger partial charge in [-0.1, -0.05) is 30.3 Å². The third kappa shape index (κ3) is 3.06. The summed E-state index contributed by atoms with van der Waals surface area (Å²) in [5.74, 6) is 0.952. The van der Waals surface area contributed by atoms with Crippen molar-refractivity contribution in [1.29, 1.82) is 0 Å². The number of hydrogen-bond acceptors (Lipinski definition) is 2. The Morgan fingerprint density at radius 2 is 2.00 bits per heavy atom. The van der Waals surface area contributed by atoms with E-state index in [4.69, 9.17) is 0 Å². The molecule has 1 aromatic carbocycles. The van der Waals surface area contributed by atoms with E-state index in [0.29, 0.717) is 6.04 Å². The molecule has 1 atom stereocenters. The van der Waals surface area contributed by atoms with Gasteiger partial charge in [-0.05, 0) is 38.4 Å². The number of benzene rings is 1. The zero-order chi connectivity index (χ0) is 11.4. The molecule has 2 nitrogen and oxygen atoms in total. The van der Waals surface area contributed by atoms with Crippen LogP contribution < -0.4 is 5.32 Å². The summed E-state index contributed by atoms with van der Waals surface area (Å²) in [6.45, 7) is 2.26. The van der Waals surface area contributed by atoms with Gasteiger partial charge in [-0.15, -0.1) is 0 Å². The number of nitrogens with zero attached hydrogens (tertiary/aromatic N) is 1. The smallest absolute Gasteiger partial charge is 0.0469 e. The quantitative estimate of drug-likeness (QED) is 0.788. The van der Waals surface area contributed by atoms with Gasteiger partial charge >= 0.3 is 0 Å². The molecule has 16 heavy (non-hydrogen) atoms. The van der Waals surface area contributed by atoms with E-state index in [1.165, 1.54) is 24.9 Å². The largest absolute Gasteiger partial charge is 0.318 e. The molecule has 1 aliphatic carbocycles. The Bertz CT molecular complexity index is 306. The summed E-state index contributed by atoms with van der Waals surface area (Å²) in [4.78, 5) is 2.49. The Hall–Kier alpha value is -0.860. The van der Waals surface area contributed by atoms with Crippen LogP contribution in [-0.2, 0) is 0 Å². The summed E-state index contributed by atoms with van der Waals surface area (Å²) in [5, 5.41) is 3.30. The molecule has 88 valence electrons. The second-order valence-electron chi connectivity index (χ2n) is 4.87. The first-order valence-corrected chi connectivity index (χ1v) is 6.21. The number of likely N-dealkylation sites (N-methyl/N-ethyl adjacent to an activating group) is 2.